The normalized spacial score (nSPS) is 18.6. The number of nitrogens with zero attached hydrogens (tertiary/aromatic N) is 1. The van der Waals surface area contributed by atoms with E-state index in [1.54, 1.807) is 19.1 Å². The SMILES string of the molecule is CC.COc1ccccc1C1CCN(C)C(=O)O1. The first kappa shape index (κ1) is 14.4. The topological polar surface area (TPSA) is 38.8 Å². The lowest BCUT2D eigenvalue weighted by molar-refractivity contribution is 0.0314. The number of cyclic esters (lactones) is 1. The lowest BCUT2D eigenvalue weighted by Crippen LogP contribution is -2.35. The first-order valence-corrected chi connectivity index (χ1v) is 6.27. The van der Waals surface area contributed by atoms with Crippen molar-refractivity contribution in [2.75, 3.05) is 20.7 Å². The van der Waals surface area contributed by atoms with Gasteiger partial charge in [-0.25, -0.2) is 4.79 Å². The summed E-state index contributed by atoms with van der Waals surface area (Å²) in [5.74, 6) is 0.768. The third-order valence-electron chi connectivity index (χ3n) is 2.77. The first-order chi connectivity index (χ1) is 8.72. The molecule has 1 amide bonds. The van der Waals surface area contributed by atoms with Crippen molar-refractivity contribution in [2.24, 2.45) is 0 Å². The maximum absolute atomic E-state index is 11.4. The van der Waals surface area contributed by atoms with E-state index in [-0.39, 0.29) is 12.2 Å². The van der Waals surface area contributed by atoms with Gasteiger partial charge in [0.05, 0.1) is 7.11 Å². The summed E-state index contributed by atoms with van der Waals surface area (Å²) in [6, 6.07) is 7.63. The maximum atomic E-state index is 11.4. The van der Waals surface area contributed by atoms with Gasteiger partial charge in [-0.05, 0) is 6.07 Å². The number of para-hydroxylation sites is 1. The third-order valence-corrected chi connectivity index (χ3v) is 2.77. The van der Waals surface area contributed by atoms with Crippen LogP contribution >= 0.6 is 0 Å². The fourth-order valence-corrected chi connectivity index (χ4v) is 1.82. The largest absolute Gasteiger partial charge is 0.496 e. The van der Waals surface area contributed by atoms with Crippen LogP contribution in [0.25, 0.3) is 0 Å². The molecular weight excluding hydrogens is 230 g/mol. The predicted octanol–water partition coefficient (Wildman–Crippen LogP) is 3.23. The van der Waals surface area contributed by atoms with Gasteiger partial charge in [-0.15, -0.1) is 0 Å². The molecule has 1 atom stereocenters. The predicted molar refractivity (Wildman–Crippen MR) is 70.8 cm³/mol. The molecule has 4 heteroatoms. The van der Waals surface area contributed by atoms with E-state index in [0.717, 1.165) is 17.7 Å². The van der Waals surface area contributed by atoms with Crippen molar-refractivity contribution >= 4 is 6.09 Å². The fraction of sp³-hybridized carbons (Fsp3) is 0.500. The second-order valence-electron chi connectivity index (χ2n) is 3.82. The minimum absolute atomic E-state index is 0.195. The second kappa shape index (κ2) is 6.89. The first-order valence-electron chi connectivity index (χ1n) is 6.27. The van der Waals surface area contributed by atoms with E-state index in [1.807, 2.05) is 38.1 Å². The summed E-state index contributed by atoms with van der Waals surface area (Å²) >= 11 is 0. The van der Waals surface area contributed by atoms with Crippen molar-refractivity contribution in [1.29, 1.82) is 0 Å². The number of hydrogen-bond acceptors (Lipinski definition) is 3. The van der Waals surface area contributed by atoms with Crippen LogP contribution in [-0.4, -0.2) is 31.7 Å². The minimum atomic E-state index is -0.276. The molecule has 0 spiro atoms. The molecule has 0 saturated carbocycles. The van der Waals surface area contributed by atoms with Crippen LogP contribution in [-0.2, 0) is 4.74 Å². The van der Waals surface area contributed by atoms with Gasteiger partial charge in [0, 0.05) is 25.6 Å². The van der Waals surface area contributed by atoms with E-state index >= 15 is 0 Å². The highest BCUT2D eigenvalue weighted by Gasteiger charge is 2.27. The van der Waals surface area contributed by atoms with Gasteiger partial charge in [0.1, 0.15) is 11.9 Å². The van der Waals surface area contributed by atoms with Crippen molar-refractivity contribution in [2.45, 2.75) is 26.4 Å². The van der Waals surface area contributed by atoms with Crippen LogP contribution in [0.1, 0.15) is 31.9 Å². The number of methoxy groups -OCH3 is 1. The van der Waals surface area contributed by atoms with E-state index in [1.165, 1.54) is 0 Å². The van der Waals surface area contributed by atoms with Gasteiger partial charge in [-0.1, -0.05) is 32.0 Å². The molecule has 1 aliphatic heterocycles. The summed E-state index contributed by atoms with van der Waals surface area (Å²) in [6.45, 7) is 4.71. The lowest BCUT2D eigenvalue weighted by atomic mass is 10.0. The summed E-state index contributed by atoms with van der Waals surface area (Å²) in [5.41, 5.74) is 0.937. The Hall–Kier alpha value is -1.71. The molecule has 1 saturated heterocycles. The highest BCUT2D eigenvalue weighted by molar-refractivity contribution is 5.68. The summed E-state index contributed by atoms with van der Waals surface area (Å²) in [6.07, 6.45) is 0.324. The average Bonchev–Trinajstić information content (AvgIpc) is 2.44. The molecule has 1 fully saturated rings. The molecule has 0 N–H and O–H groups in total. The van der Waals surface area contributed by atoms with Crippen LogP contribution in [0.5, 0.6) is 5.75 Å². The maximum Gasteiger partial charge on any atom is 0.410 e. The molecule has 18 heavy (non-hydrogen) atoms. The highest BCUT2D eigenvalue weighted by atomic mass is 16.6. The molecular formula is C14H21NO3. The van der Waals surface area contributed by atoms with Crippen LogP contribution in [0.2, 0.25) is 0 Å². The molecule has 4 nitrogen and oxygen atoms in total. The third kappa shape index (κ3) is 3.15. The Morgan fingerprint density at radius 2 is 2.00 bits per heavy atom. The van der Waals surface area contributed by atoms with Gasteiger partial charge in [0.25, 0.3) is 0 Å². The minimum Gasteiger partial charge on any atom is -0.496 e. The van der Waals surface area contributed by atoms with Crippen molar-refractivity contribution < 1.29 is 14.3 Å². The van der Waals surface area contributed by atoms with Gasteiger partial charge in [0.2, 0.25) is 0 Å². The second-order valence-corrected chi connectivity index (χ2v) is 3.82. The molecule has 1 aromatic carbocycles. The van der Waals surface area contributed by atoms with Gasteiger partial charge >= 0.3 is 6.09 Å². The standard InChI is InChI=1S/C12H15NO3.C2H6/c1-13-8-7-11(16-12(13)14)9-5-3-4-6-10(9)15-2;1-2/h3-6,11H,7-8H2,1-2H3;1-2H3. The molecule has 2 rings (SSSR count). The molecule has 1 unspecified atom stereocenters. The van der Waals surface area contributed by atoms with Crippen LogP contribution < -0.4 is 4.74 Å². The van der Waals surface area contributed by atoms with Crippen LogP contribution in [0.3, 0.4) is 0 Å². The summed E-state index contributed by atoms with van der Waals surface area (Å²) in [5, 5.41) is 0. The van der Waals surface area contributed by atoms with Gasteiger partial charge in [-0.3, -0.25) is 0 Å². The Kier molecular flexibility index (Phi) is 5.49. The fourth-order valence-electron chi connectivity index (χ4n) is 1.82. The molecule has 0 aromatic heterocycles. The number of hydrogen-bond donors (Lipinski definition) is 0. The quantitative estimate of drug-likeness (QED) is 0.810. The molecule has 0 bridgehead atoms. The van der Waals surface area contributed by atoms with E-state index in [9.17, 15) is 4.79 Å². The van der Waals surface area contributed by atoms with Crippen molar-refractivity contribution in [3.8, 4) is 5.75 Å². The Morgan fingerprint density at radius 3 is 2.61 bits per heavy atom. The van der Waals surface area contributed by atoms with Crippen molar-refractivity contribution in [1.82, 2.24) is 4.90 Å². The summed E-state index contributed by atoms with van der Waals surface area (Å²) in [4.78, 5) is 13.0. The Labute approximate surface area is 108 Å². The molecule has 0 radical (unpaired) electrons. The van der Waals surface area contributed by atoms with E-state index < -0.39 is 0 Å². The number of amides is 1. The molecule has 0 aliphatic carbocycles. The zero-order chi connectivity index (χ0) is 13.5. The smallest absolute Gasteiger partial charge is 0.410 e. The van der Waals surface area contributed by atoms with Gasteiger partial charge in [-0.2, -0.15) is 0 Å². The van der Waals surface area contributed by atoms with Crippen LogP contribution in [0, 0.1) is 0 Å². The summed E-state index contributed by atoms with van der Waals surface area (Å²) < 4.78 is 10.6. The van der Waals surface area contributed by atoms with Crippen LogP contribution in [0.4, 0.5) is 4.79 Å². The number of carbonyl (C=O) groups excluding carboxylic acids is 1. The van der Waals surface area contributed by atoms with E-state index in [0.29, 0.717) is 6.54 Å². The number of carbonyl (C=O) groups is 1. The number of ether oxygens (including phenoxy) is 2. The highest BCUT2D eigenvalue weighted by Crippen LogP contribution is 2.32. The molecule has 100 valence electrons. The zero-order valence-corrected chi connectivity index (χ0v) is 11.5. The molecule has 1 aromatic rings. The monoisotopic (exact) mass is 251 g/mol. The summed E-state index contributed by atoms with van der Waals surface area (Å²) in [7, 11) is 3.36. The van der Waals surface area contributed by atoms with E-state index in [2.05, 4.69) is 0 Å². The van der Waals surface area contributed by atoms with Crippen molar-refractivity contribution in [3.63, 3.8) is 0 Å². The van der Waals surface area contributed by atoms with Crippen molar-refractivity contribution in [3.05, 3.63) is 29.8 Å². The average molecular weight is 251 g/mol. The Morgan fingerprint density at radius 1 is 1.33 bits per heavy atom. The number of benzene rings is 1. The molecule has 1 aliphatic rings. The Bertz CT molecular complexity index is 392. The zero-order valence-electron chi connectivity index (χ0n) is 11.5. The Balaban J connectivity index is 0.000000771. The van der Waals surface area contributed by atoms with Crippen LogP contribution in [0.15, 0.2) is 24.3 Å². The molecule has 1 heterocycles. The van der Waals surface area contributed by atoms with E-state index in [4.69, 9.17) is 9.47 Å². The lowest BCUT2D eigenvalue weighted by Gasteiger charge is -2.29. The number of rotatable bonds is 2. The van der Waals surface area contributed by atoms with Gasteiger partial charge in [0.15, 0.2) is 0 Å². The van der Waals surface area contributed by atoms with Gasteiger partial charge < -0.3 is 14.4 Å².